The molecule has 0 fully saturated rings. The molecule has 1 aromatic carbocycles. The highest BCUT2D eigenvalue weighted by Gasteiger charge is 2.16. The highest BCUT2D eigenvalue weighted by atomic mass is 35.5. The third-order valence-electron chi connectivity index (χ3n) is 3.30. The van der Waals surface area contributed by atoms with Crippen molar-refractivity contribution >= 4 is 40.5 Å². The minimum atomic E-state index is -0.138. The summed E-state index contributed by atoms with van der Waals surface area (Å²) in [7, 11) is 0. The number of hydrogen-bond donors (Lipinski definition) is 2. The van der Waals surface area contributed by atoms with Crippen LogP contribution in [0.2, 0.25) is 10.0 Å². The van der Waals surface area contributed by atoms with Crippen molar-refractivity contribution in [2.75, 3.05) is 24.1 Å². The number of nitrogens with one attached hydrogen (secondary N) is 1. The van der Waals surface area contributed by atoms with Gasteiger partial charge in [0.15, 0.2) is 0 Å². The smallest absolute Gasteiger partial charge is 0.238 e. The van der Waals surface area contributed by atoms with Crippen molar-refractivity contribution in [2.45, 2.75) is 33.2 Å². The Bertz CT molecular complexity index is 456. The van der Waals surface area contributed by atoms with E-state index in [1.54, 1.807) is 12.1 Å². The maximum absolute atomic E-state index is 12.1. The predicted octanol–water partition coefficient (Wildman–Crippen LogP) is 3.63. The minimum Gasteiger partial charge on any atom is -0.399 e. The number of benzene rings is 1. The highest BCUT2D eigenvalue weighted by molar-refractivity contribution is 6.40. The second-order valence-corrected chi connectivity index (χ2v) is 5.54. The van der Waals surface area contributed by atoms with Gasteiger partial charge in [-0.05, 0) is 32.0 Å². The molecule has 0 spiro atoms. The van der Waals surface area contributed by atoms with Crippen molar-refractivity contribution in [3.63, 3.8) is 0 Å². The molecule has 0 aliphatic rings. The van der Waals surface area contributed by atoms with E-state index in [1.807, 2.05) is 6.92 Å². The molecule has 1 rings (SSSR count). The Kier molecular flexibility index (Phi) is 6.59. The number of nitrogen functional groups attached to an aromatic ring is 1. The van der Waals surface area contributed by atoms with Crippen LogP contribution in [-0.4, -0.2) is 29.9 Å². The van der Waals surface area contributed by atoms with Crippen LogP contribution in [0.25, 0.3) is 0 Å². The molecule has 1 amide bonds. The van der Waals surface area contributed by atoms with Gasteiger partial charge in [0, 0.05) is 11.7 Å². The molecule has 6 heteroatoms. The lowest BCUT2D eigenvalue weighted by Gasteiger charge is -2.26. The number of likely N-dealkylation sites (N-methyl/N-ethyl adjacent to an activating group) is 1. The van der Waals surface area contributed by atoms with Crippen molar-refractivity contribution in [1.29, 1.82) is 0 Å². The van der Waals surface area contributed by atoms with Gasteiger partial charge in [0.2, 0.25) is 5.91 Å². The maximum atomic E-state index is 12.1. The average molecular weight is 318 g/mol. The molecular formula is C14H21Cl2N3O. The van der Waals surface area contributed by atoms with Gasteiger partial charge < -0.3 is 11.1 Å². The predicted molar refractivity (Wildman–Crippen MR) is 86.5 cm³/mol. The molecule has 1 unspecified atom stereocenters. The molecule has 0 aliphatic carbocycles. The lowest BCUT2D eigenvalue weighted by molar-refractivity contribution is -0.117. The Morgan fingerprint density at radius 1 is 1.35 bits per heavy atom. The zero-order valence-corrected chi connectivity index (χ0v) is 13.6. The molecule has 4 nitrogen and oxygen atoms in total. The molecule has 112 valence electrons. The molecule has 0 aromatic heterocycles. The molecular weight excluding hydrogens is 297 g/mol. The molecule has 0 bridgehead atoms. The van der Waals surface area contributed by atoms with Gasteiger partial charge in [-0.1, -0.05) is 37.0 Å². The first-order valence-corrected chi connectivity index (χ1v) is 7.43. The van der Waals surface area contributed by atoms with Gasteiger partial charge in [-0.15, -0.1) is 0 Å². The number of anilines is 2. The highest BCUT2D eigenvalue weighted by Crippen LogP contribution is 2.32. The van der Waals surface area contributed by atoms with E-state index >= 15 is 0 Å². The van der Waals surface area contributed by atoms with Gasteiger partial charge in [-0.2, -0.15) is 0 Å². The topological polar surface area (TPSA) is 58.4 Å². The summed E-state index contributed by atoms with van der Waals surface area (Å²) in [5.74, 6) is -0.138. The first-order valence-electron chi connectivity index (χ1n) is 6.67. The third kappa shape index (κ3) is 4.54. The van der Waals surface area contributed by atoms with E-state index in [1.165, 1.54) is 0 Å². The SMILES string of the molecule is CCC(C)N(CC)CC(=O)Nc1c(Cl)cc(N)cc1Cl. The van der Waals surface area contributed by atoms with Crippen LogP contribution < -0.4 is 11.1 Å². The second kappa shape index (κ2) is 7.72. The van der Waals surface area contributed by atoms with E-state index in [9.17, 15) is 4.79 Å². The minimum absolute atomic E-state index is 0.138. The van der Waals surface area contributed by atoms with Gasteiger partial charge >= 0.3 is 0 Å². The molecule has 3 N–H and O–H groups in total. The lowest BCUT2D eigenvalue weighted by atomic mass is 10.2. The van der Waals surface area contributed by atoms with Gasteiger partial charge in [-0.25, -0.2) is 0 Å². The van der Waals surface area contributed by atoms with E-state index in [2.05, 4.69) is 24.1 Å². The molecule has 20 heavy (non-hydrogen) atoms. The standard InChI is InChI=1S/C14H21Cl2N3O/c1-4-9(3)19(5-2)8-13(20)18-14-11(15)6-10(17)7-12(14)16/h6-7,9H,4-5,8,17H2,1-3H3,(H,18,20). The van der Waals surface area contributed by atoms with Crippen LogP contribution in [0.15, 0.2) is 12.1 Å². The summed E-state index contributed by atoms with van der Waals surface area (Å²) >= 11 is 12.1. The second-order valence-electron chi connectivity index (χ2n) is 4.73. The Morgan fingerprint density at radius 3 is 2.35 bits per heavy atom. The summed E-state index contributed by atoms with van der Waals surface area (Å²) in [6.07, 6.45) is 0.991. The van der Waals surface area contributed by atoms with Crippen LogP contribution in [0, 0.1) is 0 Å². The Hall–Kier alpha value is -0.970. The van der Waals surface area contributed by atoms with Crippen molar-refractivity contribution in [3.8, 4) is 0 Å². The van der Waals surface area contributed by atoms with Crippen molar-refractivity contribution in [3.05, 3.63) is 22.2 Å². The zero-order valence-electron chi connectivity index (χ0n) is 12.0. The van der Waals surface area contributed by atoms with E-state index in [4.69, 9.17) is 28.9 Å². The quantitative estimate of drug-likeness (QED) is 0.787. The first-order chi connectivity index (χ1) is 9.38. The summed E-state index contributed by atoms with van der Waals surface area (Å²) in [5.41, 5.74) is 6.50. The molecule has 1 atom stereocenters. The fourth-order valence-electron chi connectivity index (χ4n) is 1.91. The molecule has 0 aliphatic heterocycles. The summed E-state index contributed by atoms with van der Waals surface area (Å²) in [4.78, 5) is 14.2. The first kappa shape index (κ1) is 17.1. The summed E-state index contributed by atoms with van der Waals surface area (Å²) in [5, 5.41) is 3.43. The zero-order chi connectivity index (χ0) is 15.3. The summed E-state index contributed by atoms with van der Waals surface area (Å²) in [6, 6.07) is 3.48. The Labute approximate surface area is 130 Å². The van der Waals surface area contributed by atoms with Gasteiger partial charge in [0.1, 0.15) is 0 Å². The van der Waals surface area contributed by atoms with E-state index in [-0.39, 0.29) is 5.91 Å². The molecule has 0 heterocycles. The number of amides is 1. The monoisotopic (exact) mass is 317 g/mol. The number of carbonyl (C=O) groups excluding carboxylic acids is 1. The fourth-order valence-corrected chi connectivity index (χ4v) is 2.51. The number of nitrogens with two attached hydrogens (primary N) is 1. The van der Waals surface area contributed by atoms with Crippen LogP contribution in [0.1, 0.15) is 27.2 Å². The van der Waals surface area contributed by atoms with Crippen LogP contribution >= 0.6 is 23.2 Å². The van der Waals surface area contributed by atoms with Crippen molar-refractivity contribution in [1.82, 2.24) is 4.90 Å². The average Bonchev–Trinajstić information content (AvgIpc) is 2.39. The number of hydrogen-bond acceptors (Lipinski definition) is 3. The normalized spacial score (nSPS) is 12.5. The summed E-state index contributed by atoms with van der Waals surface area (Å²) < 4.78 is 0. The molecule has 0 radical (unpaired) electrons. The lowest BCUT2D eigenvalue weighted by Crippen LogP contribution is -2.39. The van der Waals surface area contributed by atoms with E-state index in [0.29, 0.717) is 34.0 Å². The number of rotatable bonds is 6. The Morgan fingerprint density at radius 2 is 1.90 bits per heavy atom. The van der Waals surface area contributed by atoms with Gasteiger partial charge in [0.25, 0.3) is 0 Å². The van der Waals surface area contributed by atoms with Crippen LogP contribution in [0.3, 0.4) is 0 Å². The van der Waals surface area contributed by atoms with Crippen LogP contribution in [0.5, 0.6) is 0 Å². The molecule has 0 saturated carbocycles. The van der Waals surface area contributed by atoms with E-state index < -0.39 is 0 Å². The van der Waals surface area contributed by atoms with Crippen LogP contribution in [0.4, 0.5) is 11.4 Å². The number of halogens is 2. The molecule has 0 saturated heterocycles. The maximum Gasteiger partial charge on any atom is 0.238 e. The number of carbonyl (C=O) groups is 1. The van der Waals surface area contributed by atoms with E-state index in [0.717, 1.165) is 13.0 Å². The Balaban J connectivity index is 2.76. The third-order valence-corrected chi connectivity index (χ3v) is 3.89. The largest absolute Gasteiger partial charge is 0.399 e. The summed E-state index contributed by atoms with van der Waals surface area (Å²) in [6.45, 7) is 7.34. The number of nitrogens with zero attached hydrogens (tertiary/aromatic N) is 1. The van der Waals surface area contributed by atoms with Gasteiger partial charge in [-0.3, -0.25) is 9.69 Å². The van der Waals surface area contributed by atoms with Crippen LogP contribution in [-0.2, 0) is 4.79 Å². The molecule has 1 aromatic rings. The van der Waals surface area contributed by atoms with Gasteiger partial charge in [0.05, 0.1) is 22.3 Å². The van der Waals surface area contributed by atoms with Crippen molar-refractivity contribution < 1.29 is 4.79 Å². The fraction of sp³-hybridized carbons (Fsp3) is 0.500. The van der Waals surface area contributed by atoms with Crippen molar-refractivity contribution in [2.24, 2.45) is 0 Å².